The maximum atomic E-state index is 12.7. The Morgan fingerprint density at radius 3 is 2.58 bits per heavy atom. The summed E-state index contributed by atoms with van der Waals surface area (Å²) in [6.45, 7) is 0. The highest BCUT2D eigenvalue weighted by Gasteiger charge is 2.36. The number of ketones is 2. The molecule has 120 valence electrons. The summed E-state index contributed by atoms with van der Waals surface area (Å²) in [6, 6.07) is 6.74. The minimum atomic E-state index is -0.277. The van der Waals surface area contributed by atoms with E-state index in [1.165, 1.54) is 30.2 Å². The number of carbonyl (C=O) groups excluding carboxylic acids is 2. The molecule has 2 heterocycles. The lowest BCUT2D eigenvalue weighted by Gasteiger charge is -2.13. The molecule has 0 saturated heterocycles. The zero-order valence-electron chi connectivity index (χ0n) is 12.8. The Morgan fingerprint density at radius 1 is 1.04 bits per heavy atom. The van der Waals surface area contributed by atoms with Crippen molar-refractivity contribution in [2.24, 2.45) is 0 Å². The number of carbonyl (C=O) groups is 2. The molecule has 0 amide bonds. The minimum Gasteiger partial charge on any atom is -0.493 e. The second-order valence-electron chi connectivity index (χ2n) is 5.06. The Labute approximate surface area is 140 Å². The molecular weight excluding hydrogens is 330 g/mol. The topological polar surface area (TPSA) is 83.3 Å². The largest absolute Gasteiger partial charge is 0.493 e. The summed E-state index contributed by atoms with van der Waals surface area (Å²) in [5, 5.41) is 9.64. The standard InChI is InChI=1S/C16H11N3O4S/c1-22-10-4-3-8(7-11(10)23-2)19-13-12(17-18-19)15(21)16-9(14(13)20)5-6-24-16/h3-7H,1-2H3. The first-order chi connectivity index (χ1) is 11.7. The van der Waals surface area contributed by atoms with Gasteiger partial charge in [0.15, 0.2) is 17.2 Å². The Morgan fingerprint density at radius 2 is 1.83 bits per heavy atom. The van der Waals surface area contributed by atoms with Crippen LogP contribution in [0.25, 0.3) is 5.69 Å². The molecule has 1 aliphatic carbocycles. The van der Waals surface area contributed by atoms with Crippen molar-refractivity contribution in [3.63, 3.8) is 0 Å². The number of nitrogens with zero attached hydrogens (tertiary/aromatic N) is 3. The van der Waals surface area contributed by atoms with E-state index >= 15 is 0 Å². The fourth-order valence-electron chi connectivity index (χ4n) is 2.67. The number of thiophene rings is 1. The van der Waals surface area contributed by atoms with Crippen LogP contribution >= 0.6 is 11.3 Å². The Bertz CT molecular complexity index is 989. The molecule has 3 aromatic rings. The van der Waals surface area contributed by atoms with Gasteiger partial charge < -0.3 is 9.47 Å². The molecule has 0 bridgehead atoms. The number of hydrogen-bond donors (Lipinski definition) is 0. The van der Waals surface area contributed by atoms with E-state index in [9.17, 15) is 9.59 Å². The van der Waals surface area contributed by atoms with Gasteiger partial charge in [-0.25, -0.2) is 4.68 Å². The molecule has 0 fully saturated rings. The number of hydrogen-bond acceptors (Lipinski definition) is 7. The molecule has 4 rings (SSSR count). The lowest BCUT2D eigenvalue weighted by Crippen LogP contribution is -2.21. The third kappa shape index (κ3) is 1.89. The number of benzene rings is 1. The van der Waals surface area contributed by atoms with E-state index in [1.807, 2.05) is 0 Å². The van der Waals surface area contributed by atoms with E-state index in [4.69, 9.17) is 9.47 Å². The van der Waals surface area contributed by atoms with Crippen molar-refractivity contribution >= 4 is 22.9 Å². The van der Waals surface area contributed by atoms with Crippen LogP contribution in [0.2, 0.25) is 0 Å². The molecule has 1 aliphatic rings. The van der Waals surface area contributed by atoms with E-state index in [0.717, 1.165) is 0 Å². The number of fused-ring (bicyclic) bond motifs is 2. The van der Waals surface area contributed by atoms with E-state index < -0.39 is 0 Å². The van der Waals surface area contributed by atoms with Crippen LogP contribution in [0.4, 0.5) is 0 Å². The molecule has 24 heavy (non-hydrogen) atoms. The Hall–Kier alpha value is -3.00. The summed E-state index contributed by atoms with van der Waals surface area (Å²) in [5.41, 5.74) is 1.19. The highest BCUT2D eigenvalue weighted by molar-refractivity contribution is 7.12. The van der Waals surface area contributed by atoms with Gasteiger partial charge in [-0.1, -0.05) is 5.21 Å². The van der Waals surface area contributed by atoms with Gasteiger partial charge in [-0.2, -0.15) is 0 Å². The maximum Gasteiger partial charge on any atom is 0.226 e. The number of aromatic nitrogens is 3. The zero-order valence-corrected chi connectivity index (χ0v) is 13.6. The Balaban J connectivity index is 1.89. The molecule has 2 aromatic heterocycles. The maximum absolute atomic E-state index is 12.7. The molecular formula is C16H11N3O4S. The zero-order chi connectivity index (χ0) is 16.8. The Kier molecular flexibility index (Phi) is 3.20. The number of rotatable bonds is 3. The normalized spacial score (nSPS) is 12.8. The fraction of sp³-hybridized carbons (Fsp3) is 0.125. The molecule has 7 nitrogen and oxygen atoms in total. The van der Waals surface area contributed by atoms with Gasteiger partial charge in [0.05, 0.1) is 24.8 Å². The van der Waals surface area contributed by atoms with Crippen molar-refractivity contribution in [1.82, 2.24) is 15.0 Å². The van der Waals surface area contributed by atoms with Crippen LogP contribution < -0.4 is 9.47 Å². The molecule has 0 N–H and O–H groups in total. The quantitative estimate of drug-likeness (QED) is 0.568. The van der Waals surface area contributed by atoms with Crippen LogP contribution in [0.3, 0.4) is 0 Å². The average molecular weight is 341 g/mol. The van der Waals surface area contributed by atoms with Crippen LogP contribution in [0.15, 0.2) is 29.6 Å². The molecule has 1 aromatic carbocycles. The van der Waals surface area contributed by atoms with Crippen molar-refractivity contribution in [2.45, 2.75) is 0 Å². The van der Waals surface area contributed by atoms with Gasteiger partial charge in [0.2, 0.25) is 11.6 Å². The lowest BCUT2D eigenvalue weighted by atomic mass is 9.97. The lowest BCUT2D eigenvalue weighted by molar-refractivity contribution is 0.0976. The molecule has 0 saturated carbocycles. The predicted molar refractivity (Wildman–Crippen MR) is 85.6 cm³/mol. The highest BCUT2D eigenvalue weighted by atomic mass is 32.1. The van der Waals surface area contributed by atoms with Crippen molar-refractivity contribution in [1.29, 1.82) is 0 Å². The van der Waals surface area contributed by atoms with E-state index in [-0.39, 0.29) is 23.0 Å². The summed E-state index contributed by atoms with van der Waals surface area (Å²) in [5.74, 6) is 0.504. The monoisotopic (exact) mass is 341 g/mol. The molecule has 0 radical (unpaired) electrons. The van der Waals surface area contributed by atoms with Crippen LogP contribution in [0.5, 0.6) is 11.5 Å². The van der Waals surface area contributed by atoms with Crippen LogP contribution in [0.1, 0.15) is 31.4 Å². The number of methoxy groups -OCH3 is 2. The van der Waals surface area contributed by atoms with Gasteiger partial charge in [0, 0.05) is 11.6 Å². The molecule has 0 spiro atoms. The fourth-order valence-corrected chi connectivity index (χ4v) is 3.51. The van der Waals surface area contributed by atoms with Gasteiger partial charge >= 0.3 is 0 Å². The SMILES string of the molecule is COc1ccc(-n2nnc3c2C(=O)c2ccsc2C3=O)cc1OC. The highest BCUT2D eigenvalue weighted by Crippen LogP contribution is 2.33. The number of ether oxygens (including phenoxy) is 2. The van der Waals surface area contributed by atoms with Gasteiger partial charge in [0.25, 0.3) is 0 Å². The van der Waals surface area contributed by atoms with E-state index in [0.29, 0.717) is 27.6 Å². The van der Waals surface area contributed by atoms with Gasteiger partial charge in [-0.05, 0) is 23.6 Å². The van der Waals surface area contributed by atoms with Gasteiger partial charge in [-0.15, -0.1) is 16.4 Å². The summed E-state index contributed by atoms with van der Waals surface area (Å²) in [4.78, 5) is 25.6. The third-order valence-electron chi connectivity index (χ3n) is 3.83. The van der Waals surface area contributed by atoms with E-state index in [1.54, 1.807) is 29.6 Å². The van der Waals surface area contributed by atoms with Crippen LogP contribution in [0, 0.1) is 0 Å². The summed E-state index contributed by atoms with van der Waals surface area (Å²) in [6.07, 6.45) is 0. The second kappa shape index (κ2) is 5.27. The summed E-state index contributed by atoms with van der Waals surface area (Å²) in [7, 11) is 3.06. The van der Waals surface area contributed by atoms with Gasteiger partial charge in [0.1, 0.15) is 5.69 Å². The van der Waals surface area contributed by atoms with E-state index in [2.05, 4.69) is 10.3 Å². The summed E-state index contributed by atoms with van der Waals surface area (Å²) < 4.78 is 11.8. The second-order valence-corrected chi connectivity index (χ2v) is 5.98. The first-order valence-corrected chi connectivity index (χ1v) is 7.88. The molecule has 8 heteroatoms. The minimum absolute atomic E-state index is 0.0738. The molecule has 0 aliphatic heterocycles. The van der Waals surface area contributed by atoms with Gasteiger partial charge in [-0.3, -0.25) is 9.59 Å². The first kappa shape index (κ1) is 14.6. The smallest absolute Gasteiger partial charge is 0.226 e. The van der Waals surface area contributed by atoms with Crippen LogP contribution in [-0.2, 0) is 0 Å². The van der Waals surface area contributed by atoms with Crippen molar-refractivity contribution in [3.8, 4) is 17.2 Å². The third-order valence-corrected chi connectivity index (χ3v) is 4.74. The average Bonchev–Trinajstić information content (AvgIpc) is 3.26. The van der Waals surface area contributed by atoms with Crippen molar-refractivity contribution in [3.05, 3.63) is 51.5 Å². The van der Waals surface area contributed by atoms with Crippen molar-refractivity contribution < 1.29 is 19.1 Å². The molecule has 0 unspecified atom stereocenters. The molecule has 0 atom stereocenters. The first-order valence-electron chi connectivity index (χ1n) is 7.00. The predicted octanol–water partition coefficient (Wildman–Crippen LogP) is 2.12. The summed E-state index contributed by atoms with van der Waals surface area (Å²) >= 11 is 1.23. The van der Waals surface area contributed by atoms with Crippen molar-refractivity contribution in [2.75, 3.05) is 14.2 Å². The van der Waals surface area contributed by atoms with Crippen LogP contribution in [-0.4, -0.2) is 40.8 Å².